The second-order valence-corrected chi connectivity index (χ2v) is 5.35. The van der Waals surface area contributed by atoms with E-state index in [4.69, 9.17) is 9.47 Å². The van der Waals surface area contributed by atoms with Gasteiger partial charge in [0.15, 0.2) is 0 Å². The molecule has 0 radical (unpaired) electrons. The Morgan fingerprint density at radius 2 is 1.16 bits per heavy atom. The summed E-state index contributed by atoms with van der Waals surface area (Å²) in [6, 6.07) is 14.6. The lowest BCUT2D eigenvalue weighted by Crippen LogP contribution is -2.36. The van der Waals surface area contributed by atoms with E-state index in [1.165, 1.54) is 12.0 Å². The molecule has 0 heterocycles. The molecule has 0 fully saturated rings. The van der Waals surface area contributed by atoms with E-state index < -0.39 is 11.9 Å². The third-order valence-electron chi connectivity index (χ3n) is 3.71. The molecule has 0 spiro atoms. The molecule has 0 aliphatic carbocycles. The van der Waals surface area contributed by atoms with E-state index in [2.05, 4.69) is 4.74 Å². The van der Waals surface area contributed by atoms with Crippen LogP contribution in [0.15, 0.2) is 48.5 Å². The molecule has 0 aliphatic heterocycles. The highest BCUT2D eigenvalue weighted by molar-refractivity contribution is 6.32. The van der Waals surface area contributed by atoms with E-state index in [1.807, 2.05) is 48.5 Å². The molecular formula is C19H21NO5. The first-order valence-corrected chi connectivity index (χ1v) is 7.70. The fraction of sp³-hybridized carbons (Fsp3) is 0.263. The van der Waals surface area contributed by atoms with Crippen LogP contribution in [-0.4, -0.2) is 38.1 Å². The van der Waals surface area contributed by atoms with Gasteiger partial charge in [0.1, 0.15) is 11.5 Å². The Bertz CT molecular complexity index is 660. The summed E-state index contributed by atoms with van der Waals surface area (Å²) in [5, 5.41) is 0. The SMILES string of the molecule is COC(=O)C(=O)N(Cc1ccc(OC)cc1)Cc1ccc(OC)cc1. The van der Waals surface area contributed by atoms with Crippen molar-refractivity contribution in [1.82, 2.24) is 4.90 Å². The van der Waals surface area contributed by atoms with Crippen LogP contribution >= 0.6 is 0 Å². The number of methoxy groups -OCH3 is 3. The van der Waals surface area contributed by atoms with Crippen LogP contribution < -0.4 is 9.47 Å². The first-order chi connectivity index (χ1) is 12.1. The molecule has 0 aromatic heterocycles. The van der Waals surface area contributed by atoms with Gasteiger partial charge in [-0.2, -0.15) is 0 Å². The molecule has 6 heteroatoms. The standard InChI is InChI=1S/C19H21NO5/c1-23-16-8-4-14(5-9-16)12-20(18(21)19(22)25-3)13-15-6-10-17(24-2)11-7-15/h4-11H,12-13H2,1-3H3. The zero-order valence-corrected chi connectivity index (χ0v) is 14.5. The number of carbonyl (C=O) groups is 2. The molecule has 0 bridgehead atoms. The Morgan fingerprint density at radius 1 is 0.760 bits per heavy atom. The number of hydrogen-bond acceptors (Lipinski definition) is 5. The fourth-order valence-electron chi connectivity index (χ4n) is 2.32. The Balaban J connectivity index is 2.18. The van der Waals surface area contributed by atoms with Gasteiger partial charge in [-0.1, -0.05) is 24.3 Å². The molecule has 0 saturated heterocycles. The van der Waals surface area contributed by atoms with Gasteiger partial charge in [0.25, 0.3) is 0 Å². The molecule has 2 aromatic carbocycles. The van der Waals surface area contributed by atoms with E-state index in [1.54, 1.807) is 14.2 Å². The Hall–Kier alpha value is -3.02. The minimum absolute atomic E-state index is 0.282. The van der Waals surface area contributed by atoms with Crippen molar-refractivity contribution >= 4 is 11.9 Å². The summed E-state index contributed by atoms with van der Waals surface area (Å²) in [5.41, 5.74) is 1.76. The van der Waals surface area contributed by atoms with E-state index in [0.717, 1.165) is 22.6 Å². The number of esters is 1. The lowest BCUT2D eigenvalue weighted by atomic mass is 10.1. The van der Waals surface area contributed by atoms with Gasteiger partial charge in [0.05, 0.1) is 21.3 Å². The van der Waals surface area contributed by atoms with Crippen LogP contribution in [0.3, 0.4) is 0 Å². The Kier molecular flexibility index (Phi) is 6.39. The average Bonchev–Trinajstić information content (AvgIpc) is 2.67. The normalized spacial score (nSPS) is 10.0. The van der Waals surface area contributed by atoms with Crippen LogP contribution in [0.4, 0.5) is 0 Å². The number of benzene rings is 2. The van der Waals surface area contributed by atoms with Gasteiger partial charge in [-0.05, 0) is 35.4 Å². The van der Waals surface area contributed by atoms with Crippen molar-refractivity contribution in [2.75, 3.05) is 21.3 Å². The molecule has 0 N–H and O–H groups in total. The second-order valence-electron chi connectivity index (χ2n) is 5.35. The van der Waals surface area contributed by atoms with E-state index in [0.29, 0.717) is 0 Å². The van der Waals surface area contributed by atoms with Gasteiger partial charge < -0.3 is 19.1 Å². The fourth-order valence-corrected chi connectivity index (χ4v) is 2.32. The van der Waals surface area contributed by atoms with E-state index in [9.17, 15) is 9.59 Å². The monoisotopic (exact) mass is 343 g/mol. The van der Waals surface area contributed by atoms with Gasteiger partial charge in [0.2, 0.25) is 0 Å². The lowest BCUT2D eigenvalue weighted by molar-refractivity contribution is -0.158. The van der Waals surface area contributed by atoms with Crippen molar-refractivity contribution in [3.63, 3.8) is 0 Å². The van der Waals surface area contributed by atoms with Crippen molar-refractivity contribution in [2.24, 2.45) is 0 Å². The molecule has 0 unspecified atom stereocenters. The van der Waals surface area contributed by atoms with Crippen molar-refractivity contribution < 1.29 is 23.8 Å². The highest BCUT2D eigenvalue weighted by Crippen LogP contribution is 2.17. The predicted octanol–water partition coefficient (Wildman–Crippen LogP) is 2.41. The molecule has 6 nitrogen and oxygen atoms in total. The summed E-state index contributed by atoms with van der Waals surface area (Å²) < 4.78 is 14.8. The largest absolute Gasteiger partial charge is 0.497 e. The maximum Gasteiger partial charge on any atom is 0.396 e. The molecule has 0 aliphatic rings. The van der Waals surface area contributed by atoms with Gasteiger partial charge in [-0.15, -0.1) is 0 Å². The van der Waals surface area contributed by atoms with E-state index in [-0.39, 0.29) is 13.1 Å². The van der Waals surface area contributed by atoms with Gasteiger partial charge in [-0.3, -0.25) is 4.79 Å². The van der Waals surface area contributed by atoms with Crippen molar-refractivity contribution in [3.8, 4) is 11.5 Å². The molecule has 1 amide bonds. The third kappa shape index (κ3) is 4.97. The van der Waals surface area contributed by atoms with Crippen LogP contribution in [0.25, 0.3) is 0 Å². The minimum Gasteiger partial charge on any atom is -0.497 e. The molecule has 2 rings (SSSR count). The average molecular weight is 343 g/mol. The molecular weight excluding hydrogens is 322 g/mol. The van der Waals surface area contributed by atoms with Crippen LogP contribution in [-0.2, 0) is 27.4 Å². The van der Waals surface area contributed by atoms with E-state index >= 15 is 0 Å². The van der Waals surface area contributed by atoms with Crippen LogP contribution in [0.1, 0.15) is 11.1 Å². The first kappa shape index (κ1) is 18.3. The quantitative estimate of drug-likeness (QED) is 0.595. The Labute approximate surface area is 146 Å². The number of nitrogens with zero attached hydrogens (tertiary/aromatic N) is 1. The highest BCUT2D eigenvalue weighted by Gasteiger charge is 2.23. The summed E-state index contributed by atoms with van der Waals surface area (Å²) >= 11 is 0. The number of hydrogen-bond donors (Lipinski definition) is 0. The van der Waals surface area contributed by atoms with Gasteiger partial charge in [0, 0.05) is 13.1 Å². The van der Waals surface area contributed by atoms with Gasteiger partial charge in [-0.25, -0.2) is 4.79 Å². The second kappa shape index (κ2) is 8.73. The first-order valence-electron chi connectivity index (χ1n) is 7.70. The van der Waals surface area contributed by atoms with Crippen LogP contribution in [0.2, 0.25) is 0 Å². The molecule has 0 saturated carbocycles. The zero-order valence-electron chi connectivity index (χ0n) is 14.5. The minimum atomic E-state index is -0.887. The number of carbonyl (C=O) groups excluding carboxylic acids is 2. The van der Waals surface area contributed by atoms with Crippen LogP contribution in [0, 0.1) is 0 Å². The topological polar surface area (TPSA) is 65.1 Å². The number of amides is 1. The summed E-state index contributed by atoms with van der Waals surface area (Å²) in [4.78, 5) is 25.5. The highest BCUT2D eigenvalue weighted by atomic mass is 16.5. The maximum atomic E-state index is 12.3. The molecule has 0 atom stereocenters. The van der Waals surface area contributed by atoms with Crippen LogP contribution in [0.5, 0.6) is 11.5 Å². The molecule has 2 aromatic rings. The zero-order chi connectivity index (χ0) is 18.2. The summed E-state index contributed by atoms with van der Waals surface area (Å²) in [6.45, 7) is 0.563. The third-order valence-corrected chi connectivity index (χ3v) is 3.71. The lowest BCUT2D eigenvalue weighted by Gasteiger charge is -2.22. The smallest absolute Gasteiger partial charge is 0.396 e. The van der Waals surface area contributed by atoms with Gasteiger partial charge >= 0.3 is 11.9 Å². The maximum absolute atomic E-state index is 12.3. The summed E-state index contributed by atoms with van der Waals surface area (Å²) in [7, 11) is 4.37. The number of ether oxygens (including phenoxy) is 3. The summed E-state index contributed by atoms with van der Waals surface area (Å²) in [6.07, 6.45) is 0. The number of rotatable bonds is 6. The predicted molar refractivity (Wildman–Crippen MR) is 92.3 cm³/mol. The summed E-state index contributed by atoms with van der Waals surface area (Å²) in [5.74, 6) is -0.120. The van der Waals surface area contributed by atoms with Crippen molar-refractivity contribution in [1.29, 1.82) is 0 Å². The molecule has 25 heavy (non-hydrogen) atoms. The Morgan fingerprint density at radius 3 is 1.48 bits per heavy atom. The van der Waals surface area contributed by atoms with Crippen molar-refractivity contribution in [2.45, 2.75) is 13.1 Å². The molecule has 132 valence electrons. The van der Waals surface area contributed by atoms with Crippen molar-refractivity contribution in [3.05, 3.63) is 59.7 Å².